The maximum Gasteiger partial charge on any atom is 0.221 e. The Kier molecular flexibility index (Phi) is 1.81. The molecule has 0 aromatic carbocycles. The Labute approximate surface area is 95.4 Å². The molecule has 1 aromatic heterocycles. The third kappa shape index (κ3) is 1.28. The van der Waals surface area contributed by atoms with Gasteiger partial charge in [0.2, 0.25) is 5.95 Å². The zero-order chi connectivity index (χ0) is 10.5. The molecule has 2 fully saturated rings. The molecule has 1 aromatic rings. The van der Waals surface area contributed by atoms with Crippen LogP contribution in [-0.4, -0.2) is 21.3 Å². The number of hydrogen-bond acceptors (Lipinski definition) is 3. The van der Waals surface area contributed by atoms with Gasteiger partial charge in [-0.05, 0) is 38.0 Å². The highest BCUT2D eigenvalue weighted by molar-refractivity contribution is 5.29. The van der Waals surface area contributed by atoms with Gasteiger partial charge in [-0.3, -0.25) is 0 Å². The monoisotopic (exact) mass is 218 g/mol. The minimum absolute atomic E-state index is 0.637. The van der Waals surface area contributed by atoms with Crippen molar-refractivity contribution in [3.05, 3.63) is 5.82 Å². The van der Waals surface area contributed by atoms with E-state index in [0.717, 1.165) is 24.2 Å². The van der Waals surface area contributed by atoms with E-state index in [9.17, 15) is 0 Å². The summed E-state index contributed by atoms with van der Waals surface area (Å²) < 4.78 is 2.19. The molecule has 1 aliphatic heterocycles. The van der Waals surface area contributed by atoms with Crippen LogP contribution in [0, 0.1) is 5.92 Å². The molecular weight excluding hydrogens is 200 g/mol. The van der Waals surface area contributed by atoms with Crippen LogP contribution in [0.1, 0.15) is 56.3 Å². The van der Waals surface area contributed by atoms with Gasteiger partial charge in [-0.25, -0.2) is 4.68 Å². The van der Waals surface area contributed by atoms with Crippen molar-refractivity contribution in [3.8, 4) is 0 Å². The van der Waals surface area contributed by atoms with Crippen LogP contribution >= 0.6 is 0 Å². The van der Waals surface area contributed by atoms with Crippen LogP contribution in [0.4, 0.5) is 5.95 Å². The lowest BCUT2D eigenvalue weighted by Crippen LogP contribution is -2.25. The molecule has 2 aliphatic carbocycles. The van der Waals surface area contributed by atoms with Gasteiger partial charge < -0.3 is 5.32 Å². The first-order valence-corrected chi connectivity index (χ1v) is 6.62. The summed E-state index contributed by atoms with van der Waals surface area (Å²) in [7, 11) is 0. The molecular formula is C12H18N4. The van der Waals surface area contributed by atoms with Crippen molar-refractivity contribution < 1.29 is 0 Å². The number of rotatable bonds is 2. The highest BCUT2D eigenvalue weighted by atomic mass is 15.4. The second-order valence-electron chi connectivity index (χ2n) is 5.49. The van der Waals surface area contributed by atoms with Gasteiger partial charge in [0.1, 0.15) is 0 Å². The number of nitrogens with one attached hydrogen (secondary N) is 1. The number of hydrogen-bond donors (Lipinski definition) is 1. The Morgan fingerprint density at radius 2 is 2.00 bits per heavy atom. The maximum atomic E-state index is 4.76. The molecule has 2 saturated carbocycles. The first-order chi connectivity index (χ1) is 7.92. The van der Waals surface area contributed by atoms with Crippen LogP contribution in [-0.2, 0) is 0 Å². The third-order valence-corrected chi connectivity index (χ3v) is 4.32. The van der Waals surface area contributed by atoms with Crippen LogP contribution in [0.25, 0.3) is 0 Å². The van der Waals surface area contributed by atoms with Crippen LogP contribution in [0.2, 0.25) is 0 Å². The van der Waals surface area contributed by atoms with E-state index >= 15 is 0 Å². The Bertz CT molecular complexity index is 403. The fourth-order valence-corrected chi connectivity index (χ4v) is 2.90. The average Bonchev–Trinajstić information content (AvgIpc) is 2.95. The number of fused-ring (bicyclic) bond motifs is 1. The number of aromatic nitrogens is 3. The van der Waals surface area contributed by atoms with Crippen molar-refractivity contribution in [2.24, 2.45) is 5.92 Å². The molecule has 1 unspecified atom stereocenters. The van der Waals surface area contributed by atoms with Crippen molar-refractivity contribution in [2.75, 3.05) is 11.9 Å². The molecule has 0 amide bonds. The molecule has 16 heavy (non-hydrogen) atoms. The van der Waals surface area contributed by atoms with E-state index < -0.39 is 0 Å². The Hall–Kier alpha value is -1.06. The highest BCUT2D eigenvalue weighted by Crippen LogP contribution is 2.44. The van der Waals surface area contributed by atoms with E-state index in [1.54, 1.807) is 0 Å². The lowest BCUT2D eigenvalue weighted by Gasteiger charge is -2.24. The van der Waals surface area contributed by atoms with Crippen LogP contribution in [0.5, 0.6) is 0 Å². The maximum absolute atomic E-state index is 4.76. The van der Waals surface area contributed by atoms with Crippen LogP contribution in [0.15, 0.2) is 0 Å². The summed E-state index contributed by atoms with van der Waals surface area (Å²) in [6.45, 7) is 1.07. The predicted molar refractivity (Wildman–Crippen MR) is 61.5 cm³/mol. The van der Waals surface area contributed by atoms with E-state index in [1.807, 2.05) is 0 Å². The fourth-order valence-electron chi connectivity index (χ4n) is 2.90. The average molecular weight is 218 g/mol. The molecule has 0 spiro atoms. The van der Waals surface area contributed by atoms with Gasteiger partial charge in [0.15, 0.2) is 5.82 Å². The zero-order valence-electron chi connectivity index (χ0n) is 9.52. The highest BCUT2D eigenvalue weighted by Gasteiger charge is 2.37. The second kappa shape index (κ2) is 3.22. The minimum Gasteiger partial charge on any atom is -0.354 e. The van der Waals surface area contributed by atoms with Crippen LogP contribution in [0.3, 0.4) is 0 Å². The van der Waals surface area contributed by atoms with E-state index in [0.29, 0.717) is 12.0 Å². The summed E-state index contributed by atoms with van der Waals surface area (Å²) in [5, 5.41) is 8.15. The van der Waals surface area contributed by atoms with Crippen molar-refractivity contribution in [1.82, 2.24) is 14.8 Å². The van der Waals surface area contributed by atoms with Gasteiger partial charge in [0.05, 0.1) is 6.04 Å². The first kappa shape index (κ1) is 9.02. The molecule has 4 rings (SSSR count). The van der Waals surface area contributed by atoms with E-state index in [4.69, 9.17) is 5.10 Å². The topological polar surface area (TPSA) is 42.7 Å². The molecule has 0 bridgehead atoms. The molecule has 4 nitrogen and oxygen atoms in total. The van der Waals surface area contributed by atoms with E-state index in [2.05, 4.69) is 15.0 Å². The van der Waals surface area contributed by atoms with Gasteiger partial charge >= 0.3 is 0 Å². The third-order valence-electron chi connectivity index (χ3n) is 4.32. The van der Waals surface area contributed by atoms with Crippen molar-refractivity contribution in [3.63, 3.8) is 0 Å². The lowest BCUT2D eigenvalue weighted by atomic mass is 9.85. The number of anilines is 1. The Morgan fingerprint density at radius 1 is 1.12 bits per heavy atom. The van der Waals surface area contributed by atoms with Gasteiger partial charge in [0.25, 0.3) is 0 Å². The first-order valence-electron chi connectivity index (χ1n) is 6.62. The van der Waals surface area contributed by atoms with Crippen molar-refractivity contribution in [1.29, 1.82) is 0 Å². The van der Waals surface area contributed by atoms with Crippen LogP contribution < -0.4 is 5.32 Å². The summed E-state index contributed by atoms with van der Waals surface area (Å²) in [4.78, 5) is 4.67. The molecule has 0 saturated heterocycles. The molecule has 2 heterocycles. The molecule has 1 atom stereocenters. The van der Waals surface area contributed by atoms with E-state index in [1.165, 1.54) is 38.5 Å². The lowest BCUT2D eigenvalue weighted by molar-refractivity contribution is 0.359. The molecule has 86 valence electrons. The van der Waals surface area contributed by atoms with Gasteiger partial charge in [0, 0.05) is 12.5 Å². The van der Waals surface area contributed by atoms with Crippen molar-refractivity contribution >= 4 is 5.95 Å². The molecule has 3 aliphatic rings. The van der Waals surface area contributed by atoms with Crippen molar-refractivity contribution in [2.45, 2.75) is 50.5 Å². The van der Waals surface area contributed by atoms with E-state index in [-0.39, 0.29) is 0 Å². The summed E-state index contributed by atoms with van der Waals surface area (Å²) in [6, 6.07) is 0.637. The normalized spacial score (nSPS) is 29.4. The summed E-state index contributed by atoms with van der Waals surface area (Å²) >= 11 is 0. The van der Waals surface area contributed by atoms with Gasteiger partial charge in [-0.15, -0.1) is 0 Å². The largest absolute Gasteiger partial charge is 0.354 e. The quantitative estimate of drug-likeness (QED) is 0.828. The SMILES string of the molecule is C1CC(c2nc3n(n2)C(C2CC2)CCN3)C1. The second-order valence-corrected chi connectivity index (χ2v) is 5.49. The smallest absolute Gasteiger partial charge is 0.221 e. The summed E-state index contributed by atoms with van der Waals surface area (Å²) in [5.74, 6) is 3.67. The minimum atomic E-state index is 0.637. The standard InChI is InChI=1S/C12H18N4/c1-2-9(3-1)11-14-12-13-7-6-10(8-4-5-8)16(12)15-11/h8-10H,1-7H2,(H,13,14,15). The Morgan fingerprint density at radius 3 is 2.69 bits per heavy atom. The summed E-state index contributed by atoms with van der Waals surface area (Å²) in [6.07, 6.45) is 7.94. The molecule has 0 radical (unpaired) electrons. The number of nitrogens with zero attached hydrogens (tertiary/aromatic N) is 3. The fraction of sp³-hybridized carbons (Fsp3) is 0.833. The summed E-state index contributed by atoms with van der Waals surface area (Å²) in [5.41, 5.74) is 0. The molecule has 1 N–H and O–H groups in total. The Balaban J connectivity index is 1.67. The predicted octanol–water partition coefficient (Wildman–Crippen LogP) is 2.31. The zero-order valence-corrected chi connectivity index (χ0v) is 9.52. The van der Waals surface area contributed by atoms with Gasteiger partial charge in [-0.1, -0.05) is 6.42 Å². The van der Waals surface area contributed by atoms with Gasteiger partial charge in [-0.2, -0.15) is 10.1 Å². The molecule has 4 heteroatoms.